The summed E-state index contributed by atoms with van der Waals surface area (Å²) in [6.45, 7) is 6.87. The Morgan fingerprint density at radius 3 is 2.59 bits per heavy atom. The van der Waals surface area contributed by atoms with Crippen molar-refractivity contribution in [3.05, 3.63) is 45.8 Å². The van der Waals surface area contributed by atoms with E-state index in [4.69, 9.17) is 9.47 Å². The number of benzene rings is 1. The fourth-order valence-electron chi connectivity index (χ4n) is 3.92. The van der Waals surface area contributed by atoms with Crippen molar-refractivity contribution in [3.8, 4) is 11.8 Å². The number of esters is 1. The van der Waals surface area contributed by atoms with Gasteiger partial charge in [-0.25, -0.2) is 0 Å². The summed E-state index contributed by atoms with van der Waals surface area (Å²) in [6, 6.07) is 9.00. The zero-order valence-electron chi connectivity index (χ0n) is 19.1. The molecule has 0 radical (unpaired) electrons. The number of hydrogen-bond donors (Lipinski definition) is 1. The number of nitrogens with one attached hydrogen (secondary N) is 1. The second kappa shape index (κ2) is 10.2. The quantitative estimate of drug-likeness (QED) is 0.446. The van der Waals surface area contributed by atoms with Crippen LogP contribution in [0.5, 0.6) is 5.75 Å². The van der Waals surface area contributed by atoms with Crippen molar-refractivity contribution in [2.45, 2.75) is 46.5 Å². The molecule has 0 aliphatic heterocycles. The van der Waals surface area contributed by atoms with Crippen LogP contribution in [0.25, 0.3) is 0 Å². The van der Waals surface area contributed by atoms with E-state index in [0.29, 0.717) is 29.3 Å². The van der Waals surface area contributed by atoms with E-state index in [9.17, 15) is 14.9 Å². The Bertz CT molecular complexity index is 1010. The monoisotopic (exact) mass is 454 g/mol. The van der Waals surface area contributed by atoms with Crippen molar-refractivity contribution in [3.63, 3.8) is 0 Å². The third-order valence-electron chi connectivity index (χ3n) is 5.99. The van der Waals surface area contributed by atoms with Crippen LogP contribution < -0.4 is 10.1 Å². The molecule has 7 heteroatoms. The summed E-state index contributed by atoms with van der Waals surface area (Å²) in [5, 5.41) is 13.7. The lowest BCUT2D eigenvalue weighted by Gasteiger charge is -2.33. The maximum atomic E-state index is 12.2. The van der Waals surface area contributed by atoms with E-state index >= 15 is 0 Å². The number of anilines is 1. The summed E-state index contributed by atoms with van der Waals surface area (Å²) in [7, 11) is 1.56. The molecule has 6 nitrogen and oxygen atoms in total. The first-order chi connectivity index (χ1) is 15.2. The molecule has 0 saturated carbocycles. The van der Waals surface area contributed by atoms with Gasteiger partial charge in [-0.15, -0.1) is 11.3 Å². The van der Waals surface area contributed by atoms with Crippen LogP contribution in [-0.2, 0) is 22.4 Å². The maximum absolute atomic E-state index is 12.2. The smallest absolute Gasteiger partial charge is 0.308 e. The summed E-state index contributed by atoms with van der Waals surface area (Å²) in [4.78, 5) is 25.5. The van der Waals surface area contributed by atoms with E-state index in [1.807, 2.05) is 0 Å². The molecular formula is C25H30N2O4S. The zero-order chi connectivity index (χ0) is 23.3. The number of ether oxygens (including phenoxy) is 2. The molecule has 1 aliphatic rings. The fraction of sp³-hybridized carbons (Fsp3) is 0.480. The third-order valence-corrected chi connectivity index (χ3v) is 7.20. The Balaban J connectivity index is 1.50. The molecule has 0 saturated heterocycles. The largest absolute Gasteiger partial charge is 0.497 e. The number of rotatable bonds is 8. The number of Topliss-reactive ketones (excluding diaryl/α,β-unsaturated/α-hetero) is 1. The molecule has 1 N–H and O–H groups in total. The lowest BCUT2D eigenvalue weighted by Crippen LogP contribution is -2.26. The summed E-state index contributed by atoms with van der Waals surface area (Å²) in [5.41, 5.74) is 2.58. The Labute approximate surface area is 193 Å². The highest BCUT2D eigenvalue weighted by atomic mass is 32.1. The average molecular weight is 455 g/mol. The topological polar surface area (TPSA) is 88.4 Å². The van der Waals surface area contributed by atoms with Crippen molar-refractivity contribution in [1.82, 2.24) is 0 Å². The standard InChI is InChI=1S/C25H30N2O4S/c1-25(2,3)17-7-10-19-20(14-26)24(32-22(19)13-17)27-12-11-23(29)31-15-21(28)16-5-8-18(30-4)9-6-16/h5-6,8-9,17,27H,7,10-13,15H2,1-4H3. The molecule has 1 heterocycles. The highest BCUT2D eigenvalue weighted by molar-refractivity contribution is 7.16. The van der Waals surface area contributed by atoms with E-state index in [1.165, 1.54) is 4.88 Å². The second-order valence-corrected chi connectivity index (χ2v) is 10.2. The summed E-state index contributed by atoms with van der Waals surface area (Å²) in [5.74, 6) is 0.545. The van der Waals surface area contributed by atoms with E-state index in [2.05, 4.69) is 32.2 Å². The van der Waals surface area contributed by atoms with Crippen LogP contribution >= 0.6 is 11.3 Å². The molecule has 1 atom stereocenters. The number of thiophene rings is 1. The number of ketones is 1. The number of nitrogens with zero attached hydrogens (tertiary/aromatic N) is 1. The first kappa shape index (κ1) is 23.8. The molecule has 1 aromatic heterocycles. The molecule has 1 aromatic carbocycles. The molecule has 1 aliphatic carbocycles. The average Bonchev–Trinajstić information content (AvgIpc) is 3.13. The van der Waals surface area contributed by atoms with E-state index in [1.54, 1.807) is 42.7 Å². The van der Waals surface area contributed by atoms with Crippen molar-refractivity contribution in [1.29, 1.82) is 5.26 Å². The number of methoxy groups -OCH3 is 1. The van der Waals surface area contributed by atoms with Gasteiger partial charge in [-0.3, -0.25) is 9.59 Å². The fourth-order valence-corrected chi connectivity index (χ4v) is 5.23. The zero-order valence-corrected chi connectivity index (χ0v) is 19.9. The van der Waals surface area contributed by atoms with Crippen LogP contribution in [0.2, 0.25) is 0 Å². The molecular weight excluding hydrogens is 424 g/mol. The van der Waals surface area contributed by atoms with Gasteiger partial charge < -0.3 is 14.8 Å². The van der Waals surface area contributed by atoms with Gasteiger partial charge in [-0.2, -0.15) is 5.26 Å². The Morgan fingerprint density at radius 2 is 1.97 bits per heavy atom. The number of carbonyl (C=O) groups is 2. The molecule has 0 fully saturated rings. The van der Waals surface area contributed by atoms with Crippen LogP contribution in [0.15, 0.2) is 24.3 Å². The Morgan fingerprint density at radius 1 is 1.25 bits per heavy atom. The minimum atomic E-state index is -0.452. The van der Waals surface area contributed by atoms with Gasteiger partial charge in [0.2, 0.25) is 0 Å². The van der Waals surface area contributed by atoms with Gasteiger partial charge in [-0.05, 0) is 60.4 Å². The highest BCUT2D eigenvalue weighted by Gasteiger charge is 2.32. The predicted molar refractivity (Wildman–Crippen MR) is 125 cm³/mol. The van der Waals surface area contributed by atoms with Crippen LogP contribution in [0.4, 0.5) is 5.00 Å². The van der Waals surface area contributed by atoms with Gasteiger partial charge in [0.25, 0.3) is 0 Å². The minimum absolute atomic E-state index is 0.119. The van der Waals surface area contributed by atoms with Crippen molar-refractivity contribution in [2.75, 3.05) is 25.6 Å². The van der Waals surface area contributed by atoms with E-state index in [-0.39, 0.29) is 24.2 Å². The van der Waals surface area contributed by atoms with Crippen molar-refractivity contribution < 1.29 is 19.1 Å². The second-order valence-electron chi connectivity index (χ2n) is 9.11. The third kappa shape index (κ3) is 5.68. The number of fused-ring (bicyclic) bond motifs is 1. The van der Waals surface area contributed by atoms with Crippen molar-refractivity contribution >= 4 is 28.1 Å². The van der Waals surface area contributed by atoms with Gasteiger partial charge in [0.15, 0.2) is 12.4 Å². The van der Waals surface area contributed by atoms with Crippen LogP contribution in [0, 0.1) is 22.7 Å². The maximum Gasteiger partial charge on any atom is 0.308 e. The van der Waals surface area contributed by atoms with Crippen LogP contribution in [0.1, 0.15) is 60.0 Å². The minimum Gasteiger partial charge on any atom is -0.497 e. The molecule has 170 valence electrons. The van der Waals surface area contributed by atoms with Crippen LogP contribution in [0.3, 0.4) is 0 Å². The Hall–Kier alpha value is -2.85. The summed E-state index contributed by atoms with van der Waals surface area (Å²) < 4.78 is 10.2. The van der Waals surface area contributed by atoms with Crippen LogP contribution in [-0.4, -0.2) is 32.0 Å². The molecule has 1 unspecified atom stereocenters. The van der Waals surface area contributed by atoms with E-state index < -0.39 is 5.97 Å². The molecule has 3 rings (SSSR count). The first-order valence-electron chi connectivity index (χ1n) is 10.8. The molecule has 32 heavy (non-hydrogen) atoms. The highest BCUT2D eigenvalue weighted by Crippen LogP contribution is 2.43. The van der Waals surface area contributed by atoms with E-state index in [0.717, 1.165) is 29.8 Å². The number of carbonyl (C=O) groups excluding carboxylic acids is 2. The number of nitriles is 1. The van der Waals surface area contributed by atoms with Gasteiger partial charge >= 0.3 is 5.97 Å². The van der Waals surface area contributed by atoms with Gasteiger partial charge in [0, 0.05) is 17.0 Å². The number of hydrogen-bond acceptors (Lipinski definition) is 7. The molecule has 0 bridgehead atoms. The van der Waals surface area contributed by atoms with Gasteiger partial charge in [0.1, 0.15) is 16.8 Å². The normalized spacial score (nSPS) is 15.4. The lowest BCUT2D eigenvalue weighted by atomic mass is 9.72. The van der Waals surface area contributed by atoms with Gasteiger partial charge in [-0.1, -0.05) is 20.8 Å². The molecule has 0 spiro atoms. The van der Waals surface area contributed by atoms with Gasteiger partial charge in [0.05, 0.1) is 19.1 Å². The SMILES string of the molecule is COc1ccc(C(=O)COC(=O)CCNc2sc3c(c2C#N)CCC(C(C)(C)C)C3)cc1. The first-order valence-corrected chi connectivity index (χ1v) is 11.7. The predicted octanol–water partition coefficient (Wildman–Crippen LogP) is 5.01. The molecule has 2 aromatic rings. The summed E-state index contributed by atoms with van der Waals surface area (Å²) in [6.07, 6.45) is 3.13. The van der Waals surface area contributed by atoms with Crippen molar-refractivity contribution in [2.24, 2.45) is 11.3 Å². The Kier molecular flexibility index (Phi) is 7.57. The summed E-state index contributed by atoms with van der Waals surface area (Å²) >= 11 is 1.63. The lowest BCUT2D eigenvalue weighted by molar-refractivity contribution is -0.142. The molecule has 0 amide bonds.